The predicted octanol–water partition coefficient (Wildman–Crippen LogP) is 4.11. The Bertz CT molecular complexity index is 636. The molecule has 0 amide bonds. The molecule has 0 heterocycles. The van der Waals surface area contributed by atoms with Crippen LogP contribution in [0.15, 0.2) is 59.1 Å². The van der Waals surface area contributed by atoms with Crippen molar-refractivity contribution in [1.29, 1.82) is 0 Å². The van der Waals surface area contributed by atoms with E-state index in [9.17, 15) is 4.79 Å². The van der Waals surface area contributed by atoms with Gasteiger partial charge in [0.2, 0.25) is 0 Å². The van der Waals surface area contributed by atoms with Crippen LogP contribution in [0, 0.1) is 11.8 Å². The minimum absolute atomic E-state index is 0.347. The molecule has 2 rings (SSSR count). The Morgan fingerprint density at radius 2 is 1.75 bits per heavy atom. The van der Waals surface area contributed by atoms with E-state index in [1.165, 1.54) is 6.92 Å². The molecule has 0 fully saturated rings. The first kappa shape index (κ1) is 14.4. The van der Waals surface area contributed by atoms with E-state index in [-0.39, 0.29) is 5.97 Å². The van der Waals surface area contributed by atoms with Crippen molar-refractivity contribution in [3.05, 3.63) is 70.2 Å². The number of carbonyl (C=O) groups is 1. The van der Waals surface area contributed by atoms with Gasteiger partial charge in [-0.05, 0) is 30.2 Å². The average Bonchev–Trinajstić information content (AvgIpc) is 2.45. The van der Waals surface area contributed by atoms with Gasteiger partial charge in [-0.2, -0.15) is 0 Å². The highest BCUT2D eigenvalue weighted by atomic mass is 79.9. The first-order valence-electron chi connectivity index (χ1n) is 6.14. The second-order valence-electron chi connectivity index (χ2n) is 4.18. The van der Waals surface area contributed by atoms with Gasteiger partial charge in [0.05, 0.1) is 0 Å². The molecule has 1 unspecified atom stereocenters. The number of hydrogen-bond acceptors (Lipinski definition) is 2. The van der Waals surface area contributed by atoms with Gasteiger partial charge in [0.15, 0.2) is 6.10 Å². The highest BCUT2D eigenvalue weighted by Crippen LogP contribution is 2.20. The summed E-state index contributed by atoms with van der Waals surface area (Å²) < 4.78 is 6.24. The van der Waals surface area contributed by atoms with Crippen LogP contribution in [0.1, 0.15) is 24.2 Å². The van der Waals surface area contributed by atoms with Gasteiger partial charge >= 0.3 is 5.97 Å². The van der Waals surface area contributed by atoms with Gasteiger partial charge in [-0.15, -0.1) is 0 Å². The van der Waals surface area contributed by atoms with Gasteiger partial charge in [-0.3, -0.25) is 4.79 Å². The molecular formula is C17H13BrO2. The molecule has 2 nitrogen and oxygen atoms in total. The molecule has 0 aliphatic heterocycles. The topological polar surface area (TPSA) is 26.3 Å². The molecule has 2 aromatic rings. The predicted molar refractivity (Wildman–Crippen MR) is 82.0 cm³/mol. The lowest BCUT2D eigenvalue weighted by Crippen LogP contribution is -2.06. The summed E-state index contributed by atoms with van der Waals surface area (Å²) in [5.41, 5.74) is 1.74. The fourth-order valence-corrected chi connectivity index (χ4v) is 1.92. The summed E-state index contributed by atoms with van der Waals surface area (Å²) in [6.45, 7) is 1.38. The van der Waals surface area contributed by atoms with Crippen LogP contribution in [0.2, 0.25) is 0 Å². The molecule has 0 N–H and O–H groups in total. The maximum absolute atomic E-state index is 11.2. The van der Waals surface area contributed by atoms with Gasteiger partial charge in [0.1, 0.15) is 0 Å². The van der Waals surface area contributed by atoms with Gasteiger partial charge in [0, 0.05) is 22.5 Å². The summed E-state index contributed by atoms with van der Waals surface area (Å²) >= 11 is 3.38. The van der Waals surface area contributed by atoms with Crippen LogP contribution in [0.3, 0.4) is 0 Å². The van der Waals surface area contributed by atoms with Gasteiger partial charge < -0.3 is 4.74 Å². The third kappa shape index (κ3) is 4.25. The van der Waals surface area contributed by atoms with Crippen molar-refractivity contribution < 1.29 is 9.53 Å². The molecule has 0 spiro atoms. The Labute approximate surface area is 126 Å². The molecule has 100 valence electrons. The van der Waals surface area contributed by atoms with E-state index in [0.29, 0.717) is 0 Å². The highest BCUT2D eigenvalue weighted by molar-refractivity contribution is 9.10. The zero-order valence-electron chi connectivity index (χ0n) is 11.0. The van der Waals surface area contributed by atoms with Crippen molar-refractivity contribution in [1.82, 2.24) is 0 Å². The number of halogens is 1. The second kappa shape index (κ2) is 6.93. The smallest absolute Gasteiger partial charge is 0.304 e. The Morgan fingerprint density at radius 1 is 1.10 bits per heavy atom. The number of ether oxygens (including phenoxy) is 1. The minimum Gasteiger partial charge on any atom is -0.444 e. The summed E-state index contributed by atoms with van der Waals surface area (Å²) in [5, 5.41) is 0. The van der Waals surface area contributed by atoms with Crippen LogP contribution < -0.4 is 0 Å². The number of hydrogen-bond donors (Lipinski definition) is 0. The lowest BCUT2D eigenvalue weighted by Gasteiger charge is -2.11. The van der Waals surface area contributed by atoms with E-state index < -0.39 is 6.10 Å². The number of benzene rings is 2. The van der Waals surface area contributed by atoms with E-state index >= 15 is 0 Å². The zero-order valence-corrected chi connectivity index (χ0v) is 12.6. The van der Waals surface area contributed by atoms with Crippen molar-refractivity contribution in [2.75, 3.05) is 0 Å². The number of esters is 1. The molecule has 20 heavy (non-hydrogen) atoms. The fraction of sp³-hybridized carbons (Fsp3) is 0.118. The molecule has 2 aromatic carbocycles. The molecule has 0 saturated heterocycles. The minimum atomic E-state index is -0.555. The summed E-state index contributed by atoms with van der Waals surface area (Å²) in [6, 6.07) is 17.2. The standard InChI is InChI=1S/C17H13BrO2/c1-13(19)20-17(15-8-10-16(18)11-9-15)12-7-14-5-3-2-4-6-14/h2-6,8-11,17H,1H3. The molecule has 0 radical (unpaired) electrons. The van der Waals surface area contributed by atoms with Crippen LogP contribution in [0.4, 0.5) is 0 Å². The van der Waals surface area contributed by atoms with E-state index in [1.807, 2.05) is 54.6 Å². The third-order valence-electron chi connectivity index (χ3n) is 2.58. The fourth-order valence-electron chi connectivity index (χ4n) is 1.65. The first-order chi connectivity index (χ1) is 9.65. The van der Waals surface area contributed by atoms with Gasteiger partial charge in [-0.1, -0.05) is 52.2 Å². The Hall–Kier alpha value is -2.05. The second-order valence-corrected chi connectivity index (χ2v) is 5.09. The quantitative estimate of drug-likeness (QED) is 0.612. The Kier molecular flexibility index (Phi) is 4.97. The normalized spacial score (nSPS) is 11.1. The van der Waals surface area contributed by atoms with Crippen molar-refractivity contribution in [2.45, 2.75) is 13.0 Å². The number of carbonyl (C=O) groups excluding carboxylic acids is 1. The van der Waals surface area contributed by atoms with Crippen LogP contribution in [0.5, 0.6) is 0 Å². The van der Waals surface area contributed by atoms with E-state index in [1.54, 1.807) is 0 Å². The van der Waals surface area contributed by atoms with Crippen molar-refractivity contribution in [2.24, 2.45) is 0 Å². The van der Waals surface area contributed by atoms with Crippen molar-refractivity contribution >= 4 is 21.9 Å². The monoisotopic (exact) mass is 328 g/mol. The van der Waals surface area contributed by atoms with Crippen LogP contribution in [-0.4, -0.2) is 5.97 Å². The Morgan fingerprint density at radius 3 is 2.35 bits per heavy atom. The van der Waals surface area contributed by atoms with Crippen molar-refractivity contribution in [3.63, 3.8) is 0 Å². The zero-order chi connectivity index (χ0) is 14.4. The van der Waals surface area contributed by atoms with Gasteiger partial charge in [-0.25, -0.2) is 0 Å². The third-order valence-corrected chi connectivity index (χ3v) is 3.11. The van der Waals surface area contributed by atoms with Gasteiger partial charge in [0.25, 0.3) is 0 Å². The summed E-state index contributed by atoms with van der Waals surface area (Å²) in [6.07, 6.45) is -0.555. The van der Waals surface area contributed by atoms with E-state index in [4.69, 9.17) is 4.74 Å². The van der Waals surface area contributed by atoms with Crippen LogP contribution in [-0.2, 0) is 9.53 Å². The lowest BCUT2D eigenvalue weighted by molar-refractivity contribution is -0.144. The average molecular weight is 329 g/mol. The molecule has 0 aromatic heterocycles. The number of rotatable bonds is 2. The molecule has 0 saturated carbocycles. The molecular weight excluding hydrogens is 316 g/mol. The summed E-state index contributed by atoms with van der Waals surface area (Å²) in [4.78, 5) is 11.2. The molecule has 1 atom stereocenters. The maximum Gasteiger partial charge on any atom is 0.304 e. The summed E-state index contributed by atoms with van der Waals surface area (Å²) in [7, 11) is 0. The lowest BCUT2D eigenvalue weighted by atomic mass is 10.1. The first-order valence-corrected chi connectivity index (χ1v) is 6.94. The molecule has 0 aliphatic carbocycles. The molecule has 0 bridgehead atoms. The SMILES string of the molecule is CC(=O)OC(C#Cc1ccccc1)c1ccc(Br)cc1. The van der Waals surface area contributed by atoms with E-state index in [2.05, 4.69) is 27.8 Å². The molecule has 0 aliphatic rings. The Balaban J connectivity index is 2.27. The highest BCUT2D eigenvalue weighted by Gasteiger charge is 2.11. The summed E-state index contributed by atoms with van der Waals surface area (Å²) in [5.74, 6) is 5.67. The van der Waals surface area contributed by atoms with Crippen molar-refractivity contribution in [3.8, 4) is 11.8 Å². The maximum atomic E-state index is 11.2. The molecule has 3 heteroatoms. The van der Waals surface area contributed by atoms with E-state index in [0.717, 1.165) is 15.6 Å². The largest absolute Gasteiger partial charge is 0.444 e. The van der Waals surface area contributed by atoms with Crippen LogP contribution >= 0.6 is 15.9 Å². The van der Waals surface area contributed by atoms with Crippen LogP contribution in [0.25, 0.3) is 0 Å².